The zero-order valence-corrected chi connectivity index (χ0v) is 14.5. The van der Waals surface area contributed by atoms with Crippen LogP contribution >= 0.6 is 22.9 Å². The molecule has 0 spiro atoms. The minimum atomic E-state index is -0.615. The molecule has 3 N–H and O–H groups in total. The summed E-state index contributed by atoms with van der Waals surface area (Å²) in [5, 5.41) is 16.5. The van der Waals surface area contributed by atoms with Crippen molar-refractivity contribution in [3.63, 3.8) is 0 Å². The summed E-state index contributed by atoms with van der Waals surface area (Å²) in [6.07, 6.45) is -0.615. The monoisotopic (exact) mass is 332 g/mol. The molecule has 1 atom stereocenters. The molecule has 0 saturated carbocycles. The lowest BCUT2D eigenvalue weighted by atomic mass is 10.3. The number of thiophene rings is 1. The van der Waals surface area contributed by atoms with Crippen LogP contribution in [0.2, 0.25) is 4.34 Å². The molecule has 0 aliphatic rings. The SMILES string of the molecule is CCNC(=NCC(O)c1ccc(Cl)s1)NCCN(C)CC. The first kappa shape index (κ1) is 18.2. The molecule has 0 radical (unpaired) electrons. The Morgan fingerprint density at radius 2 is 2.19 bits per heavy atom. The number of guanidine groups is 1. The molecule has 120 valence electrons. The minimum absolute atomic E-state index is 0.315. The highest BCUT2D eigenvalue weighted by atomic mass is 35.5. The zero-order valence-electron chi connectivity index (χ0n) is 12.9. The third kappa shape index (κ3) is 7.13. The molecule has 0 aromatic carbocycles. The fraction of sp³-hybridized carbons (Fsp3) is 0.643. The summed E-state index contributed by atoms with van der Waals surface area (Å²) in [6.45, 7) is 8.03. The topological polar surface area (TPSA) is 59.9 Å². The van der Waals surface area contributed by atoms with Gasteiger partial charge in [-0.05, 0) is 32.6 Å². The Morgan fingerprint density at radius 1 is 1.43 bits per heavy atom. The maximum Gasteiger partial charge on any atom is 0.191 e. The number of aliphatic hydroxyl groups excluding tert-OH is 1. The van der Waals surface area contributed by atoms with Crippen LogP contribution in [-0.2, 0) is 0 Å². The summed E-state index contributed by atoms with van der Waals surface area (Å²) in [5.41, 5.74) is 0. The van der Waals surface area contributed by atoms with Crippen molar-refractivity contribution in [2.24, 2.45) is 4.99 Å². The fourth-order valence-electron chi connectivity index (χ4n) is 1.64. The second kappa shape index (κ2) is 10.00. The van der Waals surface area contributed by atoms with E-state index < -0.39 is 6.10 Å². The molecule has 1 rings (SSSR count). The lowest BCUT2D eigenvalue weighted by Crippen LogP contribution is -2.41. The number of nitrogens with zero attached hydrogens (tertiary/aromatic N) is 2. The van der Waals surface area contributed by atoms with Crippen LogP contribution in [0.15, 0.2) is 17.1 Å². The highest BCUT2D eigenvalue weighted by molar-refractivity contribution is 7.16. The van der Waals surface area contributed by atoms with Crippen molar-refractivity contribution in [3.8, 4) is 0 Å². The quantitative estimate of drug-likeness (QED) is 0.503. The van der Waals surface area contributed by atoms with Gasteiger partial charge in [-0.1, -0.05) is 18.5 Å². The smallest absolute Gasteiger partial charge is 0.191 e. The van der Waals surface area contributed by atoms with Gasteiger partial charge in [0.2, 0.25) is 0 Å². The van der Waals surface area contributed by atoms with Gasteiger partial charge in [-0.3, -0.25) is 4.99 Å². The first-order valence-electron chi connectivity index (χ1n) is 7.20. The van der Waals surface area contributed by atoms with Gasteiger partial charge in [0, 0.05) is 24.5 Å². The molecule has 7 heteroatoms. The van der Waals surface area contributed by atoms with Gasteiger partial charge >= 0.3 is 0 Å². The number of aliphatic hydroxyl groups is 1. The van der Waals surface area contributed by atoms with Gasteiger partial charge in [-0.15, -0.1) is 11.3 Å². The third-order valence-corrected chi connectivity index (χ3v) is 4.35. The molecule has 21 heavy (non-hydrogen) atoms. The van der Waals surface area contributed by atoms with E-state index in [1.54, 1.807) is 6.07 Å². The Labute approximate surface area is 136 Å². The van der Waals surface area contributed by atoms with Crippen LogP contribution in [0, 0.1) is 0 Å². The Balaban J connectivity index is 2.46. The largest absolute Gasteiger partial charge is 0.386 e. The van der Waals surface area contributed by atoms with Crippen molar-refractivity contribution in [1.82, 2.24) is 15.5 Å². The maximum atomic E-state index is 10.1. The molecule has 0 bridgehead atoms. The van der Waals surface area contributed by atoms with Gasteiger partial charge in [0.25, 0.3) is 0 Å². The number of halogens is 1. The Bertz CT molecular complexity index is 438. The van der Waals surface area contributed by atoms with E-state index in [1.807, 2.05) is 13.0 Å². The normalized spacial score (nSPS) is 13.5. The van der Waals surface area contributed by atoms with Crippen LogP contribution in [0.5, 0.6) is 0 Å². The average molecular weight is 333 g/mol. The van der Waals surface area contributed by atoms with Crippen molar-refractivity contribution in [2.75, 3.05) is 39.8 Å². The summed E-state index contributed by atoms with van der Waals surface area (Å²) >= 11 is 7.26. The molecular formula is C14H25ClN4OS. The summed E-state index contributed by atoms with van der Waals surface area (Å²) < 4.78 is 0.681. The molecule has 0 aliphatic carbocycles. The van der Waals surface area contributed by atoms with Crippen LogP contribution in [0.25, 0.3) is 0 Å². The Kier molecular flexibility index (Phi) is 8.68. The number of aliphatic imine (C=N–C) groups is 1. The fourth-order valence-corrected chi connectivity index (χ4v) is 2.68. The van der Waals surface area contributed by atoms with Gasteiger partial charge in [0.15, 0.2) is 5.96 Å². The molecule has 0 saturated heterocycles. The molecule has 1 heterocycles. The van der Waals surface area contributed by atoms with E-state index in [9.17, 15) is 5.11 Å². The van der Waals surface area contributed by atoms with Crippen molar-refractivity contribution in [3.05, 3.63) is 21.3 Å². The summed E-state index contributed by atoms with van der Waals surface area (Å²) in [4.78, 5) is 7.47. The van der Waals surface area contributed by atoms with E-state index >= 15 is 0 Å². The van der Waals surface area contributed by atoms with Gasteiger partial charge in [0.1, 0.15) is 6.10 Å². The van der Waals surface area contributed by atoms with Crippen LogP contribution in [0.4, 0.5) is 0 Å². The number of nitrogens with one attached hydrogen (secondary N) is 2. The summed E-state index contributed by atoms with van der Waals surface area (Å²) in [6, 6.07) is 3.63. The molecule has 0 aliphatic heterocycles. The number of likely N-dealkylation sites (N-methyl/N-ethyl adjacent to an activating group) is 1. The molecule has 0 amide bonds. The van der Waals surface area contributed by atoms with E-state index in [-0.39, 0.29) is 0 Å². The number of rotatable bonds is 8. The second-order valence-electron chi connectivity index (χ2n) is 4.70. The van der Waals surface area contributed by atoms with Crippen molar-refractivity contribution >= 4 is 28.9 Å². The van der Waals surface area contributed by atoms with Crippen LogP contribution in [0.3, 0.4) is 0 Å². The van der Waals surface area contributed by atoms with Crippen LogP contribution < -0.4 is 10.6 Å². The zero-order chi connectivity index (χ0) is 15.7. The second-order valence-corrected chi connectivity index (χ2v) is 6.45. The summed E-state index contributed by atoms with van der Waals surface area (Å²) in [7, 11) is 2.08. The molecule has 1 aromatic heterocycles. The van der Waals surface area contributed by atoms with Gasteiger partial charge in [-0.25, -0.2) is 0 Å². The highest BCUT2D eigenvalue weighted by Gasteiger charge is 2.10. The maximum absolute atomic E-state index is 10.1. The Hall–Kier alpha value is -0.820. The number of hydrogen-bond donors (Lipinski definition) is 3. The number of hydrogen-bond acceptors (Lipinski definition) is 4. The van der Waals surface area contributed by atoms with E-state index in [4.69, 9.17) is 11.6 Å². The third-order valence-electron chi connectivity index (χ3n) is 3.01. The summed E-state index contributed by atoms with van der Waals surface area (Å²) in [5.74, 6) is 0.726. The van der Waals surface area contributed by atoms with Crippen molar-refractivity contribution in [1.29, 1.82) is 0 Å². The lowest BCUT2D eigenvalue weighted by Gasteiger charge is -2.16. The Morgan fingerprint density at radius 3 is 2.76 bits per heavy atom. The predicted octanol–water partition coefficient (Wildman–Crippen LogP) is 1.94. The standard InChI is InChI=1S/C14H25ClN4OS/c1-4-16-14(17-8-9-19(3)5-2)18-10-11(20)12-6-7-13(15)21-12/h6-7,11,20H,4-5,8-10H2,1-3H3,(H2,16,17,18). The van der Waals surface area contributed by atoms with Gasteiger partial charge in [0.05, 0.1) is 10.9 Å². The lowest BCUT2D eigenvalue weighted by molar-refractivity contribution is 0.191. The first-order valence-corrected chi connectivity index (χ1v) is 8.40. The van der Waals surface area contributed by atoms with Gasteiger partial charge < -0.3 is 20.6 Å². The van der Waals surface area contributed by atoms with Gasteiger partial charge in [-0.2, -0.15) is 0 Å². The first-order chi connectivity index (χ1) is 10.1. The van der Waals surface area contributed by atoms with E-state index in [0.29, 0.717) is 10.9 Å². The molecule has 0 fully saturated rings. The minimum Gasteiger partial charge on any atom is -0.386 e. The van der Waals surface area contributed by atoms with E-state index in [0.717, 1.165) is 37.0 Å². The van der Waals surface area contributed by atoms with Crippen LogP contribution in [-0.4, -0.2) is 55.7 Å². The average Bonchev–Trinajstić information content (AvgIpc) is 2.90. The molecule has 1 unspecified atom stereocenters. The predicted molar refractivity (Wildman–Crippen MR) is 91.4 cm³/mol. The molecule has 1 aromatic rings. The van der Waals surface area contributed by atoms with Crippen LogP contribution in [0.1, 0.15) is 24.8 Å². The van der Waals surface area contributed by atoms with Crippen molar-refractivity contribution in [2.45, 2.75) is 20.0 Å². The highest BCUT2D eigenvalue weighted by Crippen LogP contribution is 2.26. The van der Waals surface area contributed by atoms with Crippen molar-refractivity contribution < 1.29 is 5.11 Å². The van der Waals surface area contributed by atoms with E-state index in [2.05, 4.69) is 34.5 Å². The molecular weight excluding hydrogens is 308 g/mol. The molecule has 5 nitrogen and oxygen atoms in total. The van der Waals surface area contributed by atoms with E-state index in [1.165, 1.54) is 11.3 Å².